The van der Waals surface area contributed by atoms with Crippen molar-refractivity contribution >= 4 is 28.5 Å². The number of para-hydroxylation sites is 4. The highest BCUT2D eigenvalue weighted by molar-refractivity contribution is 5.85. The number of hydrogen-bond acceptors (Lipinski definition) is 8. The van der Waals surface area contributed by atoms with Gasteiger partial charge in [0.05, 0.1) is 29.4 Å². The Morgan fingerprint density at radius 1 is 1.09 bits per heavy atom. The Morgan fingerprint density at radius 3 is 2.41 bits per heavy atom. The maximum absolute atomic E-state index is 12.6. The first-order chi connectivity index (χ1) is 16.7. The van der Waals surface area contributed by atoms with Crippen molar-refractivity contribution < 1.29 is 14.3 Å². The fourth-order valence-corrected chi connectivity index (χ4v) is 4.04. The molecule has 0 amide bonds. The fourth-order valence-electron chi connectivity index (χ4n) is 4.04. The molecular weight excluding hydrogens is 430 g/mol. The first kappa shape index (κ1) is 23.1. The van der Waals surface area contributed by atoms with Gasteiger partial charge < -0.3 is 19.3 Å². The lowest BCUT2D eigenvalue weighted by Gasteiger charge is -2.38. The van der Waals surface area contributed by atoms with E-state index in [2.05, 4.69) is 33.5 Å². The lowest BCUT2D eigenvalue weighted by atomic mass is 10.1. The predicted molar refractivity (Wildman–Crippen MR) is 131 cm³/mol. The molecule has 0 saturated carbocycles. The van der Waals surface area contributed by atoms with Crippen LogP contribution in [0, 0.1) is 11.3 Å². The van der Waals surface area contributed by atoms with Gasteiger partial charge in [-0.2, -0.15) is 5.26 Å². The largest absolute Gasteiger partial charge is 0.492 e. The van der Waals surface area contributed by atoms with Gasteiger partial charge in [-0.3, -0.25) is 4.79 Å². The summed E-state index contributed by atoms with van der Waals surface area (Å²) in [5, 5.41) is 9.83. The van der Waals surface area contributed by atoms with Gasteiger partial charge in [0.2, 0.25) is 0 Å². The summed E-state index contributed by atoms with van der Waals surface area (Å²) in [7, 11) is 0. The van der Waals surface area contributed by atoms with Crippen LogP contribution in [0.25, 0.3) is 11.0 Å². The number of carbonyl (C=O) groups is 1. The molecule has 2 heterocycles. The molecule has 1 aliphatic rings. The zero-order chi connectivity index (χ0) is 23.9. The molecule has 8 nitrogen and oxygen atoms in total. The van der Waals surface area contributed by atoms with E-state index in [0.29, 0.717) is 42.2 Å². The molecule has 1 aromatic heterocycles. The van der Waals surface area contributed by atoms with Crippen molar-refractivity contribution in [1.82, 2.24) is 9.97 Å². The van der Waals surface area contributed by atoms with E-state index in [9.17, 15) is 10.1 Å². The molecule has 0 aliphatic carbocycles. The number of nitrogens with zero attached hydrogens (tertiary/aromatic N) is 5. The Balaban J connectivity index is 1.64. The Hall–Kier alpha value is -4.12. The number of esters is 1. The fraction of sp³-hybridized carbons (Fsp3) is 0.308. The van der Waals surface area contributed by atoms with Crippen LogP contribution >= 0.6 is 0 Å². The summed E-state index contributed by atoms with van der Waals surface area (Å²) in [6.07, 6.45) is 1.47. The zero-order valence-corrected chi connectivity index (χ0v) is 19.2. The molecule has 0 unspecified atom stereocenters. The number of benzene rings is 2. The molecular formula is C26H27N5O3. The van der Waals surface area contributed by atoms with Crippen molar-refractivity contribution in [3.8, 4) is 11.8 Å². The second-order valence-corrected chi connectivity index (χ2v) is 7.78. The average Bonchev–Trinajstić information content (AvgIpc) is 2.88. The van der Waals surface area contributed by atoms with Crippen LogP contribution in [0.5, 0.6) is 5.75 Å². The second-order valence-electron chi connectivity index (χ2n) is 7.78. The van der Waals surface area contributed by atoms with Crippen LogP contribution < -0.4 is 14.5 Å². The van der Waals surface area contributed by atoms with Crippen molar-refractivity contribution in [3.05, 3.63) is 66.9 Å². The van der Waals surface area contributed by atoms with Crippen LogP contribution in [0.15, 0.2) is 61.2 Å². The Labute approximate surface area is 199 Å². The average molecular weight is 458 g/mol. The van der Waals surface area contributed by atoms with E-state index >= 15 is 0 Å². The first-order valence-electron chi connectivity index (χ1n) is 11.3. The molecule has 4 rings (SSSR count). The molecule has 8 heteroatoms. The van der Waals surface area contributed by atoms with E-state index in [0.717, 1.165) is 24.5 Å². The highest BCUT2D eigenvalue weighted by Crippen LogP contribution is 2.32. The standard InChI is InChI=1S/C26H27N5O3/c1-3-17-34-26(32)19(18-27)24-25(29-21-10-6-5-9-20(21)28-24)31-15-13-30(14-16-31)22-11-7-8-12-23(22)33-4-2/h3,5-12,19H,1,4,13-17H2,2H3/t19-/m0/s1. The van der Waals surface area contributed by atoms with Gasteiger partial charge in [0.15, 0.2) is 11.7 Å². The van der Waals surface area contributed by atoms with E-state index in [-0.39, 0.29) is 6.61 Å². The minimum absolute atomic E-state index is 0.0330. The summed E-state index contributed by atoms with van der Waals surface area (Å²) < 4.78 is 11.0. The van der Waals surface area contributed by atoms with Gasteiger partial charge in [-0.25, -0.2) is 9.97 Å². The van der Waals surface area contributed by atoms with Gasteiger partial charge in [-0.05, 0) is 31.2 Å². The molecule has 174 valence electrons. The number of ether oxygens (including phenoxy) is 2. The number of fused-ring (bicyclic) bond motifs is 1. The molecule has 0 spiro atoms. The van der Waals surface area contributed by atoms with Crippen molar-refractivity contribution in [2.24, 2.45) is 0 Å². The van der Waals surface area contributed by atoms with E-state index in [1.165, 1.54) is 6.08 Å². The van der Waals surface area contributed by atoms with Gasteiger partial charge in [0.25, 0.3) is 0 Å². The van der Waals surface area contributed by atoms with Crippen LogP contribution in [-0.4, -0.2) is 55.3 Å². The van der Waals surface area contributed by atoms with Gasteiger partial charge in [-0.1, -0.05) is 36.9 Å². The number of hydrogen-bond donors (Lipinski definition) is 0. The first-order valence-corrected chi connectivity index (χ1v) is 11.3. The third-order valence-corrected chi connectivity index (χ3v) is 5.64. The minimum Gasteiger partial charge on any atom is -0.492 e. The van der Waals surface area contributed by atoms with Gasteiger partial charge >= 0.3 is 5.97 Å². The number of carbonyl (C=O) groups excluding carboxylic acids is 1. The number of aromatic nitrogens is 2. The molecule has 0 radical (unpaired) electrons. The van der Waals surface area contributed by atoms with Crippen LogP contribution in [0.1, 0.15) is 18.5 Å². The SMILES string of the molecule is C=CCOC(=O)[C@@H](C#N)c1nc2ccccc2nc1N1CCN(c2ccccc2OCC)CC1. The number of rotatable bonds is 8. The summed E-state index contributed by atoms with van der Waals surface area (Å²) in [4.78, 5) is 26.5. The quantitative estimate of drug-likeness (QED) is 0.374. The molecule has 3 aromatic rings. The molecule has 34 heavy (non-hydrogen) atoms. The monoisotopic (exact) mass is 457 g/mol. The second kappa shape index (κ2) is 10.7. The van der Waals surface area contributed by atoms with Crippen molar-refractivity contribution in [2.45, 2.75) is 12.8 Å². The molecule has 1 fully saturated rings. The molecule has 1 atom stereocenters. The van der Waals surface area contributed by atoms with Gasteiger partial charge in [0.1, 0.15) is 18.1 Å². The van der Waals surface area contributed by atoms with Crippen LogP contribution in [0.3, 0.4) is 0 Å². The third-order valence-electron chi connectivity index (χ3n) is 5.64. The van der Waals surface area contributed by atoms with Gasteiger partial charge in [0, 0.05) is 26.2 Å². The topological polar surface area (TPSA) is 91.6 Å². The third kappa shape index (κ3) is 4.79. The van der Waals surface area contributed by atoms with E-state index in [1.54, 1.807) is 0 Å². The van der Waals surface area contributed by atoms with E-state index in [1.807, 2.05) is 49.4 Å². The highest BCUT2D eigenvalue weighted by Gasteiger charge is 2.31. The Kier molecular flexibility index (Phi) is 7.23. The lowest BCUT2D eigenvalue weighted by molar-refractivity contribution is -0.142. The van der Waals surface area contributed by atoms with Gasteiger partial charge in [-0.15, -0.1) is 0 Å². The lowest BCUT2D eigenvalue weighted by Crippen LogP contribution is -2.47. The van der Waals surface area contributed by atoms with Crippen molar-refractivity contribution in [3.63, 3.8) is 0 Å². The number of piperazine rings is 1. The summed E-state index contributed by atoms with van der Waals surface area (Å²) in [5.74, 6) is -0.432. The molecule has 0 N–H and O–H groups in total. The smallest absolute Gasteiger partial charge is 0.330 e. The van der Waals surface area contributed by atoms with Crippen LogP contribution in [0.2, 0.25) is 0 Å². The van der Waals surface area contributed by atoms with E-state index in [4.69, 9.17) is 14.5 Å². The molecule has 1 aliphatic heterocycles. The zero-order valence-electron chi connectivity index (χ0n) is 19.2. The maximum atomic E-state index is 12.6. The summed E-state index contributed by atoms with van der Waals surface area (Å²) in [5.41, 5.74) is 2.71. The minimum atomic E-state index is -1.18. The summed E-state index contributed by atoms with van der Waals surface area (Å²) in [6.45, 7) is 8.94. The van der Waals surface area contributed by atoms with E-state index < -0.39 is 11.9 Å². The number of anilines is 2. The van der Waals surface area contributed by atoms with Crippen LogP contribution in [-0.2, 0) is 9.53 Å². The Bertz CT molecular complexity index is 1210. The highest BCUT2D eigenvalue weighted by atomic mass is 16.5. The number of nitriles is 1. The molecule has 2 aromatic carbocycles. The Morgan fingerprint density at radius 2 is 1.74 bits per heavy atom. The summed E-state index contributed by atoms with van der Waals surface area (Å²) >= 11 is 0. The molecule has 0 bridgehead atoms. The predicted octanol–water partition coefficient (Wildman–Crippen LogP) is 3.69. The van der Waals surface area contributed by atoms with Crippen molar-refractivity contribution in [1.29, 1.82) is 5.26 Å². The molecule has 1 saturated heterocycles. The maximum Gasteiger partial charge on any atom is 0.330 e. The van der Waals surface area contributed by atoms with Crippen molar-refractivity contribution in [2.75, 3.05) is 49.2 Å². The van der Waals surface area contributed by atoms with Crippen LogP contribution in [0.4, 0.5) is 11.5 Å². The normalized spacial score (nSPS) is 14.4. The summed E-state index contributed by atoms with van der Waals surface area (Å²) in [6, 6.07) is 17.5.